The molecule has 0 spiro atoms. The number of hydrogen-bond donors (Lipinski definition) is 0. The molecule has 0 atom stereocenters. The largest absolute Gasteiger partial charge is 0.468 e. The van der Waals surface area contributed by atoms with E-state index in [0.29, 0.717) is 10.6 Å². The first-order valence-electron chi connectivity index (χ1n) is 5.04. The lowest BCUT2D eigenvalue weighted by atomic mass is 10.2. The first-order chi connectivity index (χ1) is 8.70. The second kappa shape index (κ2) is 5.38. The van der Waals surface area contributed by atoms with E-state index in [4.69, 9.17) is 9.68 Å². The standard InChI is InChI=1S/C12H8N2O3S/c13-7-9-3-4-12(11(6-9)14(15)16)18-8-10-2-1-5-17-10/h1-6H,8H2. The molecular formula is C12H8N2O3S. The molecule has 2 aromatic rings. The number of nitro groups is 1. The van der Waals surface area contributed by atoms with Gasteiger partial charge in [-0.05, 0) is 24.3 Å². The van der Waals surface area contributed by atoms with E-state index in [0.717, 1.165) is 5.76 Å². The van der Waals surface area contributed by atoms with E-state index in [1.54, 1.807) is 24.5 Å². The Labute approximate surface area is 107 Å². The van der Waals surface area contributed by atoms with Crippen molar-refractivity contribution in [1.29, 1.82) is 5.26 Å². The average molecular weight is 260 g/mol. The van der Waals surface area contributed by atoms with E-state index in [1.807, 2.05) is 12.1 Å². The van der Waals surface area contributed by atoms with Gasteiger partial charge in [-0.3, -0.25) is 10.1 Å². The van der Waals surface area contributed by atoms with Gasteiger partial charge in [0.25, 0.3) is 5.69 Å². The van der Waals surface area contributed by atoms with Crippen molar-refractivity contribution in [3.05, 3.63) is 58.0 Å². The molecule has 0 aliphatic carbocycles. The summed E-state index contributed by atoms with van der Waals surface area (Å²) in [5, 5.41) is 19.6. The van der Waals surface area contributed by atoms with Crippen molar-refractivity contribution >= 4 is 17.4 Å². The van der Waals surface area contributed by atoms with Crippen molar-refractivity contribution < 1.29 is 9.34 Å². The van der Waals surface area contributed by atoms with Crippen molar-refractivity contribution in [1.82, 2.24) is 0 Å². The van der Waals surface area contributed by atoms with Gasteiger partial charge < -0.3 is 4.42 Å². The van der Waals surface area contributed by atoms with E-state index >= 15 is 0 Å². The zero-order valence-electron chi connectivity index (χ0n) is 9.20. The van der Waals surface area contributed by atoms with Crippen LogP contribution in [0.2, 0.25) is 0 Å². The Morgan fingerprint density at radius 1 is 1.44 bits per heavy atom. The maximum absolute atomic E-state index is 10.9. The summed E-state index contributed by atoms with van der Waals surface area (Å²) < 4.78 is 5.16. The molecule has 1 heterocycles. The Kier molecular flexibility index (Phi) is 3.65. The van der Waals surface area contributed by atoms with Crippen molar-refractivity contribution in [3.63, 3.8) is 0 Å². The van der Waals surface area contributed by atoms with E-state index in [9.17, 15) is 10.1 Å². The highest BCUT2D eigenvalue weighted by atomic mass is 32.2. The van der Waals surface area contributed by atoms with Crippen molar-refractivity contribution in [2.45, 2.75) is 10.6 Å². The van der Waals surface area contributed by atoms with Crippen LogP contribution in [0.4, 0.5) is 5.69 Å². The summed E-state index contributed by atoms with van der Waals surface area (Å²) in [5.74, 6) is 1.26. The van der Waals surface area contributed by atoms with Gasteiger partial charge >= 0.3 is 0 Å². The zero-order valence-corrected chi connectivity index (χ0v) is 10.0. The average Bonchev–Trinajstić information content (AvgIpc) is 2.89. The normalized spacial score (nSPS) is 9.94. The summed E-state index contributed by atoms with van der Waals surface area (Å²) in [4.78, 5) is 11.0. The summed E-state index contributed by atoms with van der Waals surface area (Å²) in [5.41, 5.74) is 0.231. The minimum Gasteiger partial charge on any atom is -0.468 e. The lowest BCUT2D eigenvalue weighted by Gasteiger charge is -2.01. The van der Waals surface area contributed by atoms with Crippen LogP contribution in [0.15, 0.2) is 45.9 Å². The molecule has 18 heavy (non-hydrogen) atoms. The monoisotopic (exact) mass is 260 g/mol. The van der Waals surface area contributed by atoms with Gasteiger partial charge in [0.1, 0.15) is 5.76 Å². The molecule has 0 saturated heterocycles. The Hall–Kier alpha value is -2.26. The van der Waals surface area contributed by atoms with Gasteiger partial charge in [0.2, 0.25) is 0 Å². The molecule has 0 saturated carbocycles. The fraction of sp³-hybridized carbons (Fsp3) is 0.0833. The lowest BCUT2D eigenvalue weighted by molar-refractivity contribution is -0.387. The minimum absolute atomic E-state index is 0.0504. The van der Waals surface area contributed by atoms with Gasteiger partial charge in [0, 0.05) is 6.07 Å². The SMILES string of the molecule is N#Cc1ccc(SCc2ccco2)c([N+](=O)[O-])c1. The number of benzene rings is 1. The molecule has 90 valence electrons. The topological polar surface area (TPSA) is 80.1 Å². The Morgan fingerprint density at radius 3 is 2.89 bits per heavy atom. The van der Waals surface area contributed by atoms with Crippen LogP contribution < -0.4 is 0 Å². The van der Waals surface area contributed by atoms with E-state index in [2.05, 4.69) is 0 Å². The first kappa shape index (κ1) is 12.2. The molecule has 2 rings (SSSR count). The number of nitrogens with zero attached hydrogens (tertiary/aromatic N) is 2. The summed E-state index contributed by atoms with van der Waals surface area (Å²) in [6.45, 7) is 0. The van der Waals surface area contributed by atoms with Crippen molar-refractivity contribution in [2.24, 2.45) is 0 Å². The highest BCUT2D eigenvalue weighted by Crippen LogP contribution is 2.32. The van der Waals surface area contributed by atoms with Crippen LogP contribution in [0.25, 0.3) is 0 Å². The van der Waals surface area contributed by atoms with Gasteiger partial charge in [-0.1, -0.05) is 0 Å². The van der Waals surface area contributed by atoms with Gasteiger partial charge in [-0.25, -0.2) is 0 Å². The van der Waals surface area contributed by atoms with Crippen LogP contribution in [0.5, 0.6) is 0 Å². The number of rotatable bonds is 4. The summed E-state index contributed by atoms with van der Waals surface area (Å²) in [6.07, 6.45) is 1.56. The van der Waals surface area contributed by atoms with Gasteiger partial charge in [-0.2, -0.15) is 5.26 Å². The van der Waals surface area contributed by atoms with Gasteiger partial charge in [-0.15, -0.1) is 11.8 Å². The maximum Gasteiger partial charge on any atom is 0.284 e. The zero-order chi connectivity index (χ0) is 13.0. The molecule has 6 heteroatoms. The highest BCUT2D eigenvalue weighted by Gasteiger charge is 2.15. The van der Waals surface area contributed by atoms with Gasteiger partial charge in [0.05, 0.1) is 33.5 Å². The molecule has 0 N–H and O–H groups in total. The molecule has 0 unspecified atom stereocenters. The molecule has 0 amide bonds. The van der Waals surface area contributed by atoms with Crippen LogP contribution in [-0.4, -0.2) is 4.92 Å². The predicted molar refractivity (Wildman–Crippen MR) is 66.1 cm³/mol. The van der Waals surface area contributed by atoms with Crippen LogP contribution in [0.1, 0.15) is 11.3 Å². The van der Waals surface area contributed by atoms with Crippen LogP contribution >= 0.6 is 11.8 Å². The fourth-order valence-corrected chi connectivity index (χ4v) is 2.30. The predicted octanol–water partition coefficient (Wildman–Crippen LogP) is 3.35. The number of nitro benzene ring substituents is 1. The lowest BCUT2D eigenvalue weighted by Crippen LogP contribution is -1.92. The summed E-state index contributed by atoms with van der Waals surface area (Å²) in [7, 11) is 0. The molecule has 5 nitrogen and oxygen atoms in total. The Morgan fingerprint density at radius 2 is 2.28 bits per heavy atom. The second-order valence-corrected chi connectivity index (χ2v) is 4.44. The quantitative estimate of drug-likeness (QED) is 0.478. The third-order valence-electron chi connectivity index (χ3n) is 2.23. The smallest absolute Gasteiger partial charge is 0.284 e. The molecule has 0 fully saturated rings. The fourth-order valence-electron chi connectivity index (χ4n) is 1.40. The molecule has 0 radical (unpaired) electrons. The van der Waals surface area contributed by atoms with Gasteiger partial charge in [0.15, 0.2) is 0 Å². The van der Waals surface area contributed by atoms with Crippen LogP contribution in [-0.2, 0) is 5.75 Å². The Balaban J connectivity index is 2.22. The van der Waals surface area contributed by atoms with Crippen LogP contribution in [0.3, 0.4) is 0 Å². The summed E-state index contributed by atoms with van der Waals surface area (Å²) in [6, 6.07) is 9.90. The molecule has 0 aliphatic rings. The molecule has 0 bridgehead atoms. The number of furan rings is 1. The molecular weight excluding hydrogens is 252 g/mol. The third-order valence-corrected chi connectivity index (χ3v) is 3.32. The molecule has 1 aromatic carbocycles. The number of thioether (sulfide) groups is 1. The van der Waals surface area contributed by atoms with E-state index in [-0.39, 0.29) is 11.3 Å². The van der Waals surface area contributed by atoms with Crippen molar-refractivity contribution in [3.8, 4) is 6.07 Å². The molecule has 0 aliphatic heterocycles. The van der Waals surface area contributed by atoms with Crippen LogP contribution in [0, 0.1) is 21.4 Å². The van der Waals surface area contributed by atoms with E-state index < -0.39 is 4.92 Å². The second-order valence-electron chi connectivity index (χ2n) is 3.42. The minimum atomic E-state index is -0.481. The summed E-state index contributed by atoms with van der Waals surface area (Å²) >= 11 is 1.31. The van der Waals surface area contributed by atoms with Crippen molar-refractivity contribution in [2.75, 3.05) is 0 Å². The number of nitriles is 1. The first-order valence-corrected chi connectivity index (χ1v) is 6.03. The van der Waals surface area contributed by atoms with E-state index in [1.165, 1.54) is 17.8 Å². The third kappa shape index (κ3) is 2.70. The molecule has 1 aromatic heterocycles. The number of hydrogen-bond acceptors (Lipinski definition) is 5. The highest BCUT2D eigenvalue weighted by molar-refractivity contribution is 7.98. The Bertz CT molecular complexity index is 602. The maximum atomic E-state index is 10.9.